The molecule has 0 unspecified atom stereocenters. The van der Waals surface area contributed by atoms with Crippen LogP contribution < -0.4 is 0 Å². The van der Waals surface area contributed by atoms with Crippen LogP contribution in [-0.4, -0.2) is 18.4 Å². The average molecular weight is 202 g/mol. The van der Waals surface area contributed by atoms with Gasteiger partial charge in [0, 0.05) is 5.57 Å². The highest BCUT2D eigenvalue weighted by Gasteiger charge is 2.28. The summed E-state index contributed by atoms with van der Waals surface area (Å²) < 4.78 is 4.86. The zero-order chi connectivity index (χ0) is 10.8. The average Bonchev–Trinajstić information content (AvgIpc) is 2.61. The third-order valence-electron chi connectivity index (χ3n) is 2.33. The van der Waals surface area contributed by atoms with Gasteiger partial charge in [0.1, 0.15) is 12.2 Å². The SMILES string of the molecule is CC(=O)C1=C(c2ccccc2)COC1=O. The molecular formula is C12H10O3. The Balaban J connectivity index is 2.52. The quantitative estimate of drug-likeness (QED) is 0.540. The summed E-state index contributed by atoms with van der Waals surface area (Å²) >= 11 is 0. The molecule has 3 heteroatoms. The van der Waals surface area contributed by atoms with Crippen molar-refractivity contribution in [2.24, 2.45) is 0 Å². The predicted molar refractivity (Wildman–Crippen MR) is 55.0 cm³/mol. The van der Waals surface area contributed by atoms with Crippen molar-refractivity contribution in [3.63, 3.8) is 0 Å². The number of rotatable bonds is 2. The number of Topliss-reactive ketones (excluding diaryl/α,β-unsaturated/α-hetero) is 1. The van der Waals surface area contributed by atoms with E-state index in [1.165, 1.54) is 6.92 Å². The smallest absolute Gasteiger partial charge is 0.342 e. The molecule has 1 aromatic rings. The van der Waals surface area contributed by atoms with Gasteiger partial charge in [0.05, 0.1) is 0 Å². The van der Waals surface area contributed by atoms with E-state index in [0.717, 1.165) is 5.56 Å². The first-order chi connectivity index (χ1) is 7.20. The molecule has 3 nitrogen and oxygen atoms in total. The van der Waals surface area contributed by atoms with E-state index in [2.05, 4.69) is 0 Å². The number of ketones is 1. The van der Waals surface area contributed by atoms with Crippen molar-refractivity contribution in [2.75, 3.05) is 6.61 Å². The van der Waals surface area contributed by atoms with Crippen LogP contribution in [0, 0.1) is 0 Å². The summed E-state index contributed by atoms with van der Waals surface area (Å²) in [6, 6.07) is 9.33. The Hall–Kier alpha value is -1.90. The summed E-state index contributed by atoms with van der Waals surface area (Å²) in [5.74, 6) is -0.752. The molecule has 0 bridgehead atoms. The minimum absolute atomic E-state index is 0.182. The number of benzene rings is 1. The molecule has 1 aliphatic rings. The van der Waals surface area contributed by atoms with Gasteiger partial charge in [-0.15, -0.1) is 0 Å². The molecule has 0 spiro atoms. The van der Waals surface area contributed by atoms with Crippen LogP contribution in [0.4, 0.5) is 0 Å². The molecule has 2 rings (SSSR count). The molecule has 0 amide bonds. The van der Waals surface area contributed by atoms with Crippen molar-refractivity contribution in [3.8, 4) is 0 Å². The van der Waals surface area contributed by atoms with Crippen molar-refractivity contribution in [1.29, 1.82) is 0 Å². The fraction of sp³-hybridized carbons (Fsp3) is 0.167. The fourth-order valence-electron chi connectivity index (χ4n) is 1.63. The molecule has 76 valence electrons. The molecule has 1 aliphatic heterocycles. The number of esters is 1. The minimum Gasteiger partial charge on any atom is -0.457 e. The maximum Gasteiger partial charge on any atom is 0.342 e. The molecule has 0 aliphatic carbocycles. The fourth-order valence-corrected chi connectivity index (χ4v) is 1.63. The van der Waals surface area contributed by atoms with Gasteiger partial charge < -0.3 is 4.74 Å². The Morgan fingerprint density at radius 1 is 1.27 bits per heavy atom. The van der Waals surface area contributed by atoms with E-state index in [0.29, 0.717) is 5.57 Å². The number of hydrogen-bond acceptors (Lipinski definition) is 3. The first kappa shape index (κ1) is 9.65. The predicted octanol–water partition coefficient (Wildman–Crippen LogP) is 1.59. The second kappa shape index (κ2) is 3.69. The van der Waals surface area contributed by atoms with Crippen molar-refractivity contribution in [2.45, 2.75) is 6.92 Å². The number of ether oxygens (including phenoxy) is 1. The van der Waals surface area contributed by atoms with E-state index in [9.17, 15) is 9.59 Å². The lowest BCUT2D eigenvalue weighted by Crippen LogP contribution is -2.06. The molecule has 0 saturated heterocycles. The lowest BCUT2D eigenvalue weighted by molar-refractivity contribution is -0.137. The second-order valence-electron chi connectivity index (χ2n) is 3.35. The summed E-state index contributed by atoms with van der Waals surface area (Å²) in [6.07, 6.45) is 0. The molecule has 0 N–H and O–H groups in total. The van der Waals surface area contributed by atoms with Gasteiger partial charge in [-0.05, 0) is 12.5 Å². The van der Waals surface area contributed by atoms with Crippen LogP contribution in [0.2, 0.25) is 0 Å². The lowest BCUT2D eigenvalue weighted by atomic mass is 10.0. The third-order valence-corrected chi connectivity index (χ3v) is 2.33. The number of hydrogen-bond donors (Lipinski definition) is 0. The summed E-state index contributed by atoms with van der Waals surface area (Å²) in [5, 5.41) is 0. The summed E-state index contributed by atoms with van der Waals surface area (Å²) in [7, 11) is 0. The molecule has 0 fully saturated rings. The number of carbonyl (C=O) groups excluding carboxylic acids is 2. The van der Waals surface area contributed by atoms with Crippen LogP contribution in [0.25, 0.3) is 5.57 Å². The van der Waals surface area contributed by atoms with Crippen LogP contribution >= 0.6 is 0 Å². The number of cyclic esters (lactones) is 1. The maximum absolute atomic E-state index is 11.3. The highest BCUT2D eigenvalue weighted by atomic mass is 16.5. The van der Waals surface area contributed by atoms with Gasteiger partial charge in [0.15, 0.2) is 5.78 Å². The van der Waals surface area contributed by atoms with Gasteiger partial charge in [0.2, 0.25) is 0 Å². The summed E-state index contributed by atoms with van der Waals surface area (Å²) in [5.41, 5.74) is 1.74. The normalized spacial score (nSPS) is 15.4. The lowest BCUT2D eigenvalue weighted by Gasteiger charge is -2.00. The Kier molecular flexibility index (Phi) is 2.37. The molecule has 0 saturated carbocycles. The topological polar surface area (TPSA) is 43.4 Å². The molecule has 1 aromatic carbocycles. The largest absolute Gasteiger partial charge is 0.457 e. The first-order valence-corrected chi connectivity index (χ1v) is 4.67. The van der Waals surface area contributed by atoms with Crippen molar-refractivity contribution < 1.29 is 14.3 Å². The highest BCUT2D eigenvalue weighted by molar-refractivity contribution is 6.24. The summed E-state index contributed by atoms with van der Waals surface area (Å²) in [6.45, 7) is 1.57. The van der Waals surface area contributed by atoms with Crippen LogP contribution in [0.15, 0.2) is 35.9 Å². The van der Waals surface area contributed by atoms with E-state index in [-0.39, 0.29) is 18.0 Å². The van der Waals surface area contributed by atoms with E-state index in [1.807, 2.05) is 30.3 Å². The Morgan fingerprint density at radius 3 is 2.53 bits per heavy atom. The van der Waals surface area contributed by atoms with Gasteiger partial charge in [-0.2, -0.15) is 0 Å². The monoisotopic (exact) mass is 202 g/mol. The zero-order valence-corrected chi connectivity index (χ0v) is 8.32. The summed E-state index contributed by atoms with van der Waals surface area (Å²) in [4.78, 5) is 22.6. The van der Waals surface area contributed by atoms with Gasteiger partial charge in [-0.1, -0.05) is 30.3 Å². The van der Waals surface area contributed by atoms with Gasteiger partial charge in [0.25, 0.3) is 0 Å². The van der Waals surface area contributed by atoms with E-state index in [1.54, 1.807) is 0 Å². The Morgan fingerprint density at radius 2 is 1.93 bits per heavy atom. The van der Waals surface area contributed by atoms with Gasteiger partial charge in [-0.3, -0.25) is 4.79 Å². The van der Waals surface area contributed by atoms with Crippen LogP contribution in [0.5, 0.6) is 0 Å². The van der Waals surface area contributed by atoms with E-state index < -0.39 is 5.97 Å². The van der Waals surface area contributed by atoms with E-state index >= 15 is 0 Å². The molecule has 0 aromatic heterocycles. The standard InChI is InChI=1S/C12H10O3/c1-8(13)11-10(7-15-12(11)14)9-5-3-2-4-6-9/h2-6H,7H2,1H3. The number of carbonyl (C=O) groups is 2. The van der Waals surface area contributed by atoms with Crippen molar-refractivity contribution >= 4 is 17.3 Å². The van der Waals surface area contributed by atoms with Crippen molar-refractivity contribution in [1.82, 2.24) is 0 Å². The van der Waals surface area contributed by atoms with E-state index in [4.69, 9.17) is 4.74 Å². The molecule has 0 radical (unpaired) electrons. The molecule has 1 heterocycles. The van der Waals surface area contributed by atoms with Crippen LogP contribution in [0.3, 0.4) is 0 Å². The Bertz CT molecular complexity index is 443. The first-order valence-electron chi connectivity index (χ1n) is 4.67. The van der Waals surface area contributed by atoms with Crippen LogP contribution in [-0.2, 0) is 14.3 Å². The molecule has 0 atom stereocenters. The molecule has 15 heavy (non-hydrogen) atoms. The highest BCUT2D eigenvalue weighted by Crippen LogP contribution is 2.25. The Labute approximate surface area is 87.4 Å². The maximum atomic E-state index is 11.3. The van der Waals surface area contributed by atoms with Crippen LogP contribution in [0.1, 0.15) is 12.5 Å². The third kappa shape index (κ3) is 1.68. The van der Waals surface area contributed by atoms with Crippen molar-refractivity contribution in [3.05, 3.63) is 41.5 Å². The minimum atomic E-state index is -0.513. The zero-order valence-electron chi connectivity index (χ0n) is 8.32. The second-order valence-corrected chi connectivity index (χ2v) is 3.35. The van der Waals surface area contributed by atoms with Gasteiger partial charge in [-0.25, -0.2) is 4.79 Å². The van der Waals surface area contributed by atoms with Gasteiger partial charge >= 0.3 is 5.97 Å². The molecular weight excluding hydrogens is 192 g/mol.